The van der Waals surface area contributed by atoms with Crippen molar-refractivity contribution in [3.63, 3.8) is 0 Å². The highest BCUT2D eigenvalue weighted by atomic mass is 16.6. The lowest BCUT2D eigenvalue weighted by Crippen LogP contribution is -2.49. The average Bonchev–Trinajstić information content (AvgIpc) is 2.47. The van der Waals surface area contributed by atoms with Crippen LogP contribution < -0.4 is 5.32 Å². The van der Waals surface area contributed by atoms with Crippen molar-refractivity contribution in [2.75, 3.05) is 19.6 Å². The van der Waals surface area contributed by atoms with Crippen LogP contribution >= 0.6 is 0 Å². The highest BCUT2D eigenvalue weighted by Gasteiger charge is 2.50. The van der Waals surface area contributed by atoms with Crippen LogP contribution in [0, 0.1) is 0 Å². The van der Waals surface area contributed by atoms with Gasteiger partial charge in [0.15, 0.2) is 5.60 Å². The van der Waals surface area contributed by atoms with Crippen LogP contribution in [-0.4, -0.2) is 42.1 Å². The van der Waals surface area contributed by atoms with Gasteiger partial charge in [0.1, 0.15) is 0 Å². The fourth-order valence-corrected chi connectivity index (χ4v) is 2.24. The standard InChI is InChI=1S/C10H16N2O3/c1-2-5-12-6-3-10(4-7-12)8(13)11-9(14)15-10/h2-7H2,1H3,(H,11,13,14). The molecule has 5 heteroatoms. The number of imide groups is 1. The van der Waals surface area contributed by atoms with Crippen molar-refractivity contribution in [2.45, 2.75) is 31.8 Å². The molecule has 2 amide bonds. The maximum Gasteiger partial charge on any atom is 0.415 e. The number of hydrogen-bond donors (Lipinski definition) is 1. The molecule has 0 atom stereocenters. The maximum absolute atomic E-state index is 11.6. The number of ether oxygens (including phenoxy) is 1. The van der Waals surface area contributed by atoms with Crippen molar-refractivity contribution < 1.29 is 14.3 Å². The zero-order chi connectivity index (χ0) is 10.9. The van der Waals surface area contributed by atoms with E-state index in [4.69, 9.17) is 4.74 Å². The van der Waals surface area contributed by atoms with Crippen molar-refractivity contribution in [1.82, 2.24) is 10.2 Å². The zero-order valence-corrected chi connectivity index (χ0v) is 8.91. The van der Waals surface area contributed by atoms with Crippen LogP contribution in [0.3, 0.4) is 0 Å². The van der Waals surface area contributed by atoms with E-state index in [-0.39, 0.29) is 5.91 Å². The first kappa shape index (κ1) is 10.4. The number of piperidine rings is 1. The van der Waals surface area contributed by atoms with E-state index < -0.39 is 11.7 Å². The van der Waals surface area contributed by atoms with Crippen molar-refractivity contribution in [3.05, 3.63) is 0 Å². The molecular formula is C10H16N2O3. The molecule has 1 N–H and O–H groups in total. The molecule has 2 aliphatic rings. The molecule has 2 fully saturated rings. The molecule has 84 valence electrons. The predicted molar refractivity (Wildman–Crippen MR) is 53.3 cm³/mol. The van der Waals surface area contributed by atoms with E-state index in [1.807, 2.05) is 0 Å². The lowest BCUT2D eigenvalue weighted by Gasteiger charge is -2.35. The number of nitrogens with one attached hydrogen (secondary N) is 1. The number of amides is 2. The summed E-state index contributed by atoms with van der Waals surface area (Å²) >= 11 is 0. The fraction of sp³-hybridized carbons (Fsp3) is 0.800. The van der Waals surface area contributed by atoms with Gasteiger partial charge in [-0.1, -0.05) is 6.92 Å². The van der Waals surface area contributed by atoms with E-state index in [0.717, 1.165) is 26.1 Å². The molecular weight excluding hydrogens is 196 g/mol. The number of carbonyl (C=O) groups excluding carboxylic acids is 2. The van der Waals surface area contributed by atoms with Gasteiger partial charge in [0.25, 0.3) is 5.91 Å². The summed E-state index contributed by atoms with van der Waals surface area (Å²) in [5.41, 5.74) is -0.860. The van der Waals surface area contributed by atoms with Crippen molar-refractivity contribution in [2.24, 2.45) is 0 Å². The lowest BCUT2D eigenvalue weighted by atomic mass is 9.91. The second kappa shape index (κ2) is 3.81. The van der Waals surface area contributed by atoms with E-state index in [1.165, 1.54) is 0 Å². The third-order valence-electron chi connectivity index (χ3n) is 3.12. The summed E-state index contributed by atoms with van der Waals surface area (Å²) in [6, 6.07) is 0. The van der Waals surface area contributed by atoms with Gasteiger partial charge in [-0.3, -0.25) is 10.1 Å². The summed E-state index contributed by atoms with van der Waals surface area (Å²) in [5, 5.41) is 2.21. The first-order chi connectivity index (χ1) is 7.16. The Morgan fingerprint density at radius 1 is 1.40 bits per heavy atom. The molecule has 5 nitrogen and oxygen atoms in total. The van der Waals surface area contributed by atoms with Gasteiger partial charge in [-0.15, -0.1) is 0 Å². The predicted octanol–water partition coefficient (Wildman–Crippen LogP) is 0.497. The summed E-state index contributed by atoms with van der Waals surface area (Å²) in [5.74, 6) is -0.261. The minimum atomic E-state index is -0.860. The van der Waals surface area contributed by atoms with Gasteiger partial charge in [-0.05, 0) is 13.0 Å². The van der Waals surface area contributed by atoms with Gasteiger partial charge in [0.05, 0.1) is 0 Å². The maximum atomic E-state index is 11.6. The Bertz CT molecular complexity index is 282. The van der Waals surface area contributed by atoms with Gasteiger partial charge >= 0.3 is 6.09 Å². The number of rotatable bonds is 2. The summed E-state index contributed by atoms with van der Waals surface area (Å²) in [6.45, 7) is 4.83. The molecule has 2 heterocycles. The summed E-state index contributed by atoms with van der Waals surface area (Å²) in [7, 11) is 0. The monoisotopic (exact) mass is 212 g/mol. The molecule has 2 saturated heterocycles. The first-order valence-electron chi connectivity index (χ1n) is 5.43. The fourth-order valence-electron chi connectivity index (χ4n) is 2.24. The Morgan fingerprint density at radius 2 is 2.07 bits per heavy atom. The van der Waals surface area contributed by atoms with Gasteiger partial charge in [0, 0.05) is 25.9 Å². The second-order valence-electron chi connectivity index (χ2n) is 4.18. The van der Waals surface area contributed by atoms with Crippen molar-refractivity contribution >= 4 is 12.0 Å². The third-order valence-corrected chi connectivity index (χ3v) is 3.12. The molecule has 0 aromatic heterocycles. The lowest BCUT2D eigenvalue weighted by molar-refractivity contribution is -0.135. The van der Waals surface area contributed by atoms with Crippen LogP contribution in [0.5, 0.6) is 0 Å². The van der Waals surface area contributed by atoms with E-state index >= 15 is 0 Å². The molecule has 2 aliphatic heterocycles. The quantitative estimate of drug-likeness (QED) is 0.724. The molecule has 0 bridgehead atoms. The normalized spacial score (nSPS) is 25.4. The van der Waals surface area contributed by atoms with Gasteiger partial charge in [-0.25, -0.2) is 4.79 Å². The van der Waals surface area contributed by atoms with Crippen LogP contribution in [0.25, 0.3) is 0 Å². The van der Waals surface area contributed by atoms with Gasteiger partial charge < -0.3 is 9.64 Å². The van der Waals surface area contributed by atoms with Gasteiger partial charge in [-0.2, -0.15) is 0 Å². The number of carbonyl (C=O) groups is 2. The molecule has 1 spiro atoms. The Kier molecular flexibility index (Phi) is 2.65. The molecule has 0 unspecified atom stereocenters. The Hall–Kier alpha value is -1.10. The summed E-state index contributed by atoms with van der Waals surface area (Å²) in [4.78, 5) is 24.8. The molecule has 0 radical (unpaired) electrons. The molecule has 0 aromatic carbocycles. The second-order valence-corrected chi connectivity index (χ2v) is 4.18. The van der Waals surface area contributed by atoms with Crippen molar-refractivity contribution in [3.8, 4) is 0 Å². The van der Waals surface area contributed by atoms with E-state index in [1.54, 1.807) is 0 Å². The van der Waals surface area contributed by atoms with E-state index in [9.17, 15) is 9.59 Å². The SMILES string of the molecule is CCCN1CCC2(CC1)OC(=O)NC2=O. The number of alkyl carbamates (subject to hydrolysis) is 1. The number of hydrogen-bond acceptors (Lipinski definition) is 4. The first-order valence-corrected chi connectivity index (χ1v) is 5.43. The molecule has 15 heavy (non-hydrogen) atoms. The summed E-state index contributed by atoms with van der Waals surface area (Å²) < 4.78 is 5.10. The molecule has 0 saturated carbocycles. The molecule has 0 aliphatic carbocycles. The van der Waals surface area contributed by atoms with Crippen LogP contribution in [0.2, 0.25) is 0 Å². The largest absolute Gasteiger partial charge is 0.432 e. The highest BCUT2D eigenvalue weighted by Crippen LogP contribution is 2.30. The van der Waals surface area contributed by atoms with Crippen molar-refractivity contribution in [1.29, 1.82) is 0 Å². The average molecular weight is 212 g/mol. The molecule has 2 rings (SSSR count). The van der Waals surface area contributed by atoms with Crippen LogP contribution in [0.4, 0.5) is 4.79 Å². The van der Waals surface area contributed by atoms with Gasteiger partial charge in [0.2, 0.25) is 0 Å². The Labute approximate surface area is 88.8 Å². The van der Waals surface area contributed by atoms with Crippen LogP contribution in [0.1, 0.15) is 26.2 Å². The van der Waals surface area contributed by atoms with Crippen LogP contribution in [0.15, 0.2) is 0 Å². The van der Waals surface area contributed by atoms with E-state index in [0.29, 0.717) is 12.8 Å². The zero-order valence-electron chi connectivity index (χ0n) is 8.91. The summed E-state index contributed by atoms with van der Waals surface area (Å²) in [6.07, 6.45) is 1.75. The third kappa shape index (κ3) is 1.84. The minimum absolute atomic E-state index is 0.261. The minimum Gasteiger partial charge on any atom is -0.432 e. The number of likely N-dealkylation sites (tertiary alicyclic amines) is 1. The van der Waals surface area contributed by atoms with E-state index in [2.05, 4.69) is 17.1 Å². The number of nitrogens with zero attached hydrogens (tertiary/aromatic N) is 1. The highest BCUT2D eigenvalue weighted by molar-refractivity contribution is 6.02. The topological polar surface area (TPSA) is 58.6 Å². The van der Waals surface area contributed by atoms with Crippen LogP contribution in [-0.2, 0) is 9.53 Å². The smallest absolute Gasteiger partial charge is 0.415 e. The Morgan fingerprint density at radius 3 is 2.53 bits per heavy atom. The molecule has 0 aromatic rings. The Balaban J connectivity index is 1.97.